The topological polar surface area (TPSA) is 35.6 Å². The van der Waals surface area contributed by atoms with E-state index in [4.69, 9.17) is 9.97 Å². The highest BCUT2D eigenvalue weighted by Crippen LogP contribution is 2.55. The van der Waals surface area contributed by atoms with Gasteiger partial charge in [0.1, 0.15) is 0 Å². The lowest BCUT2D eigenvalue weighted by molar-refractivity contribution is 0.891. The second kappa shape index (κ2) is 13.2. The number of aromatic nitrogens is 4. The van der Waals surface area contributed by atoms with Gasteiger partial charge in [0.05, 0.1) is 39.0 Å². The summed E-state index contributed by atoms with van der Waals surface area (Å²) in [6.45, 7) is 0. The molecule has 11 aromatic carbocycles. The molecule has 2 unspecified atom stereocenters. The summed E-state index contributed by atoms with van der Waals surface area (Å²) < 4.78 is 4.76. The zero-order valence-corrected chi connectivity index (χ0v) is 36.8. The molecule has 4 nitrogen and oxygen atoms in total. The van der Waals surface area contributed by atoms with Gasteiger partial charge in [0.2, 0.25) is 5.95 Å². The number of para-hydroxylation sites is 3. The van der Waals surface area contributed by atoms with Crippen LogP contribution in [-0.2, 0) is 0 Å². The van der Waals surface area contributed by atoms with Crippen molar-refractivity contribution >= 4 is 120 Å². The highest BCUT2D eigenvalue weighted by atomic mass is 32.2. The van der Waals surface area contributed by atoms with Crippen LogP contribution in [0.3, 0.4) is 0 Å². The number of thioether (sulfide) groups is 1. The molecule has 310 valence electrons. The van der Waals surface area contributed by atoms with Crippen LogP contribution in [0.4, 0.5) is 0 Å². The Bertz CT molecular complexity index is 4560. The normalized spacial score (nSPS) is 15.9. The minimum atomic E-state index is 0.374. The lowest BCUT2D eigenvalue weighted by atomic mass is 9.83. The van der Waals surface area contributed by atoms with Crippen LogP contribution in [0.15, 0.2) is 211 Å². The molecular formula is C62H36N4S. The first kappa shape index (κ1) is 36.0. The zero-order valence-electron chi connectivity index (χ0n) is 36.0. The summed E-state index contributed by atoms with van der Waals surface area (Å²) in [7, 11) is 0. The van der Waals surface area contributed by atoms with Crippen LogP contribution in [-0.4, -0.2) is 24.4 Å². The predicted molar refractivity (Wildman–Crippen MR) is 283 cm³/mol. The zero-order chi connectivity index (χ0) is 43.5. The van der Waals surface area contributed by atoms with Crippen LogP contribution in [0.25, 0.3) is 131 Å². The molecule has 4 heterocycles. The van der Waals surface area contributed by atoms with Crippen molar-refractivity contribution in [2.75, 3.05) is 0 Å². The monoisotopic (exact) mass is 868 g/mol. The van der Waals surface area contributed by atoms with Gasteiger partial charge in [-0.1, -0.05) is 158 Å². The van der Waals surface area contributed by atoms with Gasteiger partial charge in [-0.15, -0.1) is 11.8 Å². The molecule has 16 rings (SSSR count). The van der Waals surface area contributed by atoms with Crippen molar-refractivity contribution in [2.45, 2.75) is 16.1 Å². The van der Waals surface area contributed by atoms with Gasteiger partial charge in [-0.05, 0) is 103 Å². The van der Waals surface area contributed by atoms with Crippen molar-refractivity contribution in [1.29, 1.82) is 0 Å². The molecule has 0 bridgehead atoms. The van der Waals surface area contributed by atoms with Gasteiger partial charge in [-0.25, -0.2) is 9.97 Å². The minimum Gasteiger partial charge on any atom is -0.309 e. The average molecular weight is 869 g/mol. The SMILES string of the molecule is C1=CC2Sc3cc4c5cc6c(c7cccc(c8cccc(c3C2C=C1)c84)c57)c1ccccc1n6-c1nc(-c2ccc3c(c2)c2ccccc2n3-c2cccc3ccccc23)c2ccccc2n1. The van der Waals surface area contributed by atoms with Gasteiger partial charge < -0.3 is 4.57 Å². The minimum absolute atomic E-state index is 0.374. The van der Waals surface area contributed by atoms with Gasteiger partial charge in [-0.2, -0.15) is 0 Å². The smallest absolute Gasteiger partial charge is 0.235 e. The molecule has 1 aliphatic heterocycles. The molecule has 1 aliphatic carbocycles. The third-order valence-corrected chi connectivity index (χ3v) is 16.3. The van der Waals surface area contributed by atoms with Crippen molar-refractivity contribution in [2.24, 2.45) is 0 Å². The molecule has 5 heteroatoms. The molecule has 0 N–H and O–H groups in total. The quantitative estimate of drug-likeness (QED) is 0.131. The lowest BCUT2D eigenvalue weighted by Crippen LogP contribution is -2.07. The van der Waals surface area contributed by atoms with Gasteiger partial charge in [0, 0.05) is 53.9 Å². The number of hydrogen-bond donors (Lipinski definition) is 0. The van der Waals surface area contributed by atoms with Gasteiger partial charge in [0.15, 0.2) is 0 Å². The molecule has 0 radical (unpaired) electrons. The van der Waals surface area contributed by atoms with E-state index in [1.165, 1.54) is 97.1 Å². The molecule has 3 aromatic heterocycles. The van der Waals surface area contributed by atoms with Crippen molar-refractivity contribution in [3.8, 4) is 22.9 Å². The summed E-state index contributed by atoms with van der Waals surface area (Å²) in [5.74, 6) is 1.04. The number of benzene rings is 11. The predicted octanol–water partition coefficient (Wildman–Crippen LogP) is 16.4. The Morgan fingerprint density at radius 3 is 1.93 bits per heavy atom. The van der Waals surface area contributed by atoms with Crippen LogP contribution in [0.2, 0.25) is 0 Å². The third kappa shape index (κ3) is 4.78. The Kier molecular flexibility index (Phi) is 7.09. The van der Waals surface area contributed by atoms with E-state index in [1.54, 1.807) is 0 Å². The Morgan fingerprint density at radius 2 is 1.04 bits per heavy atom. The summed E-state index contributed by atoms with van der Waals surface area (Å²) >= 11 is 2.01. The van der Waals surface area contributed by atoms with Crippen molar-refractivity contribution in [3.05, 3.63) is 212 Å². The number of hydrogen-bond acceptors (Lipinski definition) is 3. The van der Waals surface area contributed by atoms with E-state index in [0.29, 0.717) is 17.1 Å². The van der Waals surface area contributed by atoms with Crippen LogP contribution in [0.1, 0.15) is 11.5 Å². The second-order valence-corrected chi connectivity index (χ2v) is 19.5. The van der Waals surface area contributed by atoms with Gasteiger partial charge in [-0.3, -0.25) is 4.57 Å². The Morgan fingerprint density at radius 1 is 0.403 bits per heavy atom. The van der Waals surface area contributed by atoms with E-state index < -0.39 is 0 Å². The van der Waals surface area contributed by atoms with Gasteiger partial charge in [0.25, 0.3) is 0 Å². The fourth-order valence-electron chi connectivity index (χ4n) is 12.2. The molecule has 0 saturated carbocycles. The third-order valence-electron chi connectivity index (χ3n) is 15.0. The van der Waals surface area contributed by atoms with Crippen LogP contribution >= 0.6 is 11.8 Å². The molecule has 2 atom stereocenters. The van der Waals surface area contributed by atoms with Crippen LogP contribution in [0, 0.1) is 0 Å². The van der Waals surface area contributed by atoms with Gasteiger partial charge >= 0.3 is 0 Å². The Hall–Kier alpha value is -8.25. The Balaban J connectivity index is 0.980. The second-order valence-electron chi connectivity index (χ2n) is 18.3. The summed E-state index contributed by atoms with van der Waals surface area (Å²) in [4.78, 5) is 12.5. The van der Waals surface area contributed by atoms with E-state index in [-0.39, 0.29) is 0 Å². The number of fused-ring (bicyclic) bond motifs is 15. The highest BCUT2D eigenvalue weighted by molar-refractivity contribution is 8.00. The number of nitrogens with zero attached hydrogens (tertiary/aromatic N) is 4. The molecule has 2 aliphatic rings. The summed E-state index contributed by atoms with van der Waals surface area (Å²) in [6, 6.07) is 67.1. The van der Waals surface area contributed by atoms with E-state index in [1.807, 2.05) is 11.8 Å². The first-order chi connectivity index (χ1) is 33.2. The molecular weight excluding hydrogens is 833 g/mol. The maximum absolute atomic E-state index is 5.67. The summed E-state index contributed by atoms with van der Waals surface area (Å²) in [5.41, 5.74) is 10.1. The standard InChI is InChI=1S/C62H36N4S/c1-2-16-37-35(14-1)15-11-28-50(37)65-51-26-8-4-17-38(51)46-32-36(30-31-53(46)65)61-41-18-3-7-25-49(41)63-62(64-61)66-52-27-9-5-19-42(52)59-44-23-12-21-39-40-22-13-24-45-58(40)48(47(57(39)44)33-54(59)66)34-56-60(45)43-20-6-10-29-55(43)67-56/h1-34,43,55H. The maximum atomic E-state index is 5.67. The summed E-state index contributed by atoms with van der Waals surface area (Å²) in [5, 5.41) is 19.2. The van der Waals surface area contributed by atoms with Crippen molar-refractivity contribution < 1.29 is 0 Å². The van der Waals surface area contributed by atoms with Crippen LogP contribution in [0.5, 0.6) is 0 Å². The first-order valence-corrected chi connectivity index (χ1v) is 24.0. The maximum Gasteiger partial charge on any atom is 0.235 e. The first-order valence-electron chi connectivity index (χ1n) is 23.1. The molecule has 0 saturated heterocycles. The van der Waals surface area contributed by atoms with E-state index >= 15 is 0 Å². The van der Waals surface area contributed by atoms with E-state index in [2.05, 4.69) is 215 Å². The number of allylic oxidation sites excluding steroid dienone is 3. The summed E-state index contributed by atoms with van der Waals surface area (Å²) in [6.07, 6.45) is 9.21. The van der Waals surface area contributed by atoms with Crippen LogP contribution < -0.4 is 0 Å². The van der Waals surface area contributed by atoms with E-state index in [0.717, 1.165) is 38.7 Å². The fraction of sp³-hybridized carbons (Fsp3) is 0.0323. The molecule has 0 amide bonds. The van der Waals surface area contributed by atoms with Crippen molar-refractivity contribution in [3.63, 3.8) is 0 Å². The largest absolute Gasteiger partial charge is 0.309 e. The molecule has 67 heavy (non-hydrogen) atoms. The van der Waals surface area contributed by atoms with Crippen molar-refractivity contribution in [1.82, 2.24) is 19.1 Å². The Labute approximate surface area is 388 Å². The molecule has 14 aromatic rings. The van der Waals surface area contributed by atoms with E-state index in [9.17, 15) is 0 Å². The molecule has 0 fully saturated rings. The average Bonchev–Trinajstić information content (AvgIpc) is 4.05. The highest BCUT2D eigenvalue weighted by Gasteiger charge is 2.34. The number of rotatable bonds is 3. The lowest BCUT2D eigenvalue weighted by Gasteiger charge is -2.19. The fourth-order valence-corrected chi connectivity index (χ4v) is 13.6. The molecule has 0 spiro atoms.